The largest absolute Gasteiger partial charge is 0.354 e. The third kappa shape index (κ3) is 5.62. The standard InChI is InChI=1S/C27H20N2.C24H18N2/c1-27(19-12-6-3-7-13-19)22-17-24-21(20-14-8-9-15-23(20)28-24)16-25(22)29-26(27)18-10-4-2-5-11-18;1-2-8-20-17(6-1)7-5-10-21(20)18-12-14-19(15-13-18)24-22-9-3-4-11-23(22)25-16-26-24/h2-17,28H,1H3;1-16,23H,(H,25,26). The zero-order chi connectivity index (χ0) is 36.8. The highest BCUT2D eigenvalue weighted by atomic mass is 15.0. The summed E-state index contributed by atoms with van der Waals surface area (Å²) in [6.07, 6.45) is 10.2. The van der Waals surface area contributed by atoms with Crippen molar-refractivity contribution in [3.05, 3.63) is 216 Å². The molecular formula is C51H38N4. The molecule has 11 rings (SSSR count). The van der Waals surface area contributed by atoms with Crippen molar-refractivity contribution in [2.75, 3.05) is 0 Å². The van der Waals surface area contributed by atoms with Gasteiger partial charge in [0.15, 0.2) is 0 Å². The molecule has 0 radical (unpaired) electrons. The van der Waals surface area contributed by atoms with Crippen LogP contribution in [-0.2, 0) is 5.41 Å². The minimum Gasteiger partial charge on any atom is -0.354 e. The van der Waals surface area contributed by atoms with Gasteiger partial charge in [-0.25, -0.2) is 0 Å². The number of nitrogens with zero attached hydrogens (tertiary/aromatic N) is 2. The zero-order valence-electron chi connectivity index (χ0n) is 30.4. The Morgan fingerprint density at radius 3 is 2.13 bits per heavy atom. The molecule has 0 saturated carbocycles. The Balaban J connectivity index is 0.000000136. The maximum atomic E-state index is 5.19. The van der Waals surface area contributed by atoms with Crippen molar-refractivity contribution in [2.24, 2.45) is 9.98 Å². The molecule has 4 heteroatoms. The molecule has 0 spiro atoms. The Morgan fingerprint density at radius 2 is 1.29 bits per heavy atom. The number of allylic oxidation sites excluding steroid dienone is 2. The van der Waals surface area contributed by atoms with Crippen LogP contribution in [0.1, 0.15) is 29.2 Å². The van der Waals surface area contributed by atoms with Gasteiger partial charge in [0, 0.05) is 27.4 Å². The molecule has 0 saturated heterocycles. The molecule has 2 N–H and O–H groups in total. The van der Waals surface area contributed by atoms with Crippen molar-refractivity contribution in [3.63, 3.8) is 0 Å². The second-order valence-electron chi connectivity index (χ2n) is 14.4. The predicted octanol–water partition coefficient (Wildman–Crippen LogP) is 12.1. The summed E-state index contributed by atoms with van der Waals surface area (Å²) < 4.78 is 0. The number of para-hydroxylation sites is 1. The third-order valence-corrected chi connectivity index (χ3v) is 11.3. The van der Waals surface area contributed by atoms with E-state index in [4.69, 9.17) is 4.99 Å². The molecule has 262 valence electrons. The first-order valence-electron chi connectivity index (χ1n) is 18.9. The van der Waals surface area contributed by atoms with E-state index in [1.165, 1.54) is 66.0 Å². The molecule has 3 heterocycles. The first kappa shape index (κ1) is 32.6. The second-order valence-corrected chi connectivity index (χ2v) is 14.4. The fourth-order valence-corrected chi connectivity index (χ4v) is 8.45. The summed E-state index contributed by atoms with van der Waals surface area (Å²) in [5.74, 6) is 0. The molecule has 3 aliphatic rings. The quantitative estimate of drug-likeness (QED) is 0.188. The van der Waals surface area contributed by atoms with Crippen LogP contribution in [0.25, 0.3) is 49.4 Å². The SMILES string of the molecule is C1=CC2=C(c3ccc(-c4cccc5ccccc45)cc3)NC=NC2C=C1.CC1(c2ccccc2)C(c2ccccc2)=Nc2cc3c(cc21)[nH]c1ccccc13. The summed E-state index contributed by atoms with van der Waals surface area (Å²) in [6.45, 7) is 2.30. The zero-order valence-corrected chi connectivity index (χ0v) is 30.4. The first-order valence-corrected chi connectivity index (χ1v) is 18.9. The van der Waals surface area contributed by atoms with Crippen molar-refractivity contribution in [3.8, 4) is 11.1 Å². The first-order chi connectivity index (χ1) is 27.1. The van der Waals surface area contributed by atoms with Crippen molar-refractivity contribution in [1.82, 2.24) is 10.3 Å². The highest BCUT2D eigenvalue weighted by molar-refractivity contribution is 6.17. The summed E-state index contributed by atoms with van der Waals surface area (Å²) in [4.78, 5) is 13.3. The Kier molecular flexibility index (Phi) is 7.96. The van der Waals surface area contributed by atoms with E-state index < -0.39 is 0 Å². The summed E-state index contributed by atoms with van der Waals surface area (Å²) in [5.41, 5.74) is 13.9. The van der Waals surface area contributed by atoms with Gasteiger partial charge in [0.05, 0.1) is 34.9 Å². The van der Waals surface area contributed by atoms with Crippen LogP contribution in [0.5, 0.6) is 0 Å². The van der Waals surface area contributed by atoms with E-state index in [0.717, 1.165) is 22.6 Å². The maximum absolute atomic E-state index is 5.19. The van der Waals surface area contributed by atoms with Gasteiger partial charge in [-0.2, -0.15) is 0 Å². The lowest BCUT2D eigenvalue weighted by Crippen LogP contribution is -2.31. The topological polar surface area (TPSA) is 52.5 Å². The lowest BCUT2D eigenvalue weighted by molar-refractivity contribution is 0.795. The summed E-state index contributed by atoms with van der Waals surface area (Å²) in [6, 6.07) is 58.2. The summed E-state index contributed by atoms with van der Waals surface area (Å²) >= 11 is 0. The van der Waals surface area contributed by atoms with Gasteiger partial charge in [-0.1, -0.05) is 170 Å². The maximum Gasteiger partial charge on any atom is 0.0971 e. The van der Waals surface area contributed by atoms with Crippen LogP contribution in [-0.4, -0.2) is 23.1 Å². The summed E-state index contributed by atoms with van der Waals surface area (Å²) in [5, 5.41) is 8.36. The molecule has 7 aromatic carbocycles. The van der Waals surface area contributed by atoms with E-state index in [0.29, 0.717) is 0 Å². The van der Waals surface area contributed by atoms with Crippen LogP contribution in [0.15, 0.2) is 204 Å². The van der Waals surface area contributed by atoms with Gasteiger partial charge in [0.1, 0.15) is 0 Å². The van der Waals surface area contributed by atoms with Crippen molar-refractivity contribution in [2.45, 2.75) is 18.4 Å². The average molecular weight is 707 g/mol. The number of fused-ring (bicyclic) bond motifs is 6. The number of nitrogens with one attached hydrogen (secondary N) is 2. The van der Waals surface area contributed by atoms with E-state index >= 15 is 0 Å². The number of benzene rings is 7. The van der Waals surface area contributed by atoms with Crippen LogP contribution in [0.3, 0.4) is 0 Å². The highest BCUT2D eigenvalue weighted by Gasteiger charge is 2.42. The van der Waals surface area contributed by atoms with Gasteiger partial charge in [0.2, 0.25) is 0 Å². The van der Waals surface area contributed by atoms with Crippen LogP contribution in [0.2, 0.25) is 0 Å². The fraction of sp³-hybridized carbons (Fsp3) is 0.0588. The number of aromatic nitrogens is 1. The van der Waals surface area contributed by atoms with Gasteiger partial charge < -0.3 is 10.3 Å². The van der Waals surface area contributed by atoms with E-state index in [9.17, 15) is 0 Å². The fourth-order valence-electron chi connectivity index (χ4n) is 8.45. The predicted molar refractivity (Wildman–Crippen MR) is 231 cm³/mol. The molecular weight excluding hydrogens is 669 g/mol. The minimum absolute atomic E-state index is 0.119. The smallest absolute Gasteiger partial charge is 0.0971 e. The van der Waals surface area contributed by atoms with Crippen molar-refractivity contribution in [1.29, 1.82) is 0 Å². The van der Waals surface area contributed by atoms with E-state index in [-0.39, 0.29) is 11.5 Å². The minimum atomic E-state index is -0.302. The van der Waals surface area contributed by atoms with Gasteiger partial charge in [-0.05, 0) is 69.3 Å². The number of rotatable bonds is 4. The number of aliphatic imine (C=N–C) groups is 2. The van der Waals surface area contributed by atoms with Crippen LogP contribution < -0.4 is 5.32 Å². The summed E-state index contributed by atoms with van der Waals surface area (Å²) in [7, 11) is 0. The molecule has 55 heavy (non-hydrogen) atoms. The number of aromatic amines is 1. The molecule has 0 amide bonds. The highest BCUT2D eigenvalue weighted by Crippen LogP contribution is 2.48. The molecule has 2 unspecified atom stereocenters. The third-order valence-electron chi connectivity index (χ3n) is 11.3. The monoisotopic (exact) mass is 706 g/mol. The van der Waals surface area contributed by atoms with Gasteiger partial charge >= 0.3 is 0 Å². The molecule has 8 aromatic rings. The van der Waals surface area contributed by atoms with Gasteiger partial charge in [-0.15, -0.1) is 0 Å². The molecule has 0 bridgehead atoms. The molecule has 0 fully saturated rings. The van der Waals surface area contributed by atoms with Gasteiger partial charge in [0.25, 0.3) is 0 Å². The van der Waals surface area contributed by atoms with Crippen LogP contribution >= 0.6 is 0 Å². The average Bonchev–Trinajstić information content (AvgIpc) is 3.77. The van der Waals surface area contributed by atoms with Crippen LogP contribution in [0, 0.1) is 0 Å². The molecule has 1 aliphatic carbocycles. The van der Waals surface area contributed by atoms with E-state index in [2.05, 4.69) is 210 Å². The number of hydrogen-bond acceptors (Lipinski definition) is 3. The molecule has 2 atom stereocenters. The normalized spacial score (nSPS) is 18.1. The van der Waals surface area contributed by atoms with Gasteiger partial charge in [-0.3, -0.25) is 9.98 Å². The van der Waals surface area contributed by atoms with E-state index in [1.807, 2.05) is 0 Å². The second kappa shape index (κ2) is 13.4. The Hall–Kier alpha value is -7.04. The Morgan fingerprint density at radius 1 is 0.582 bits per heavy atom. The molecule has 2 aliphatic heterocycles. The van der Waals surface area contributed by atoms with Crippen molar-refractivity contribution >= 4 is 56.0 Å². The van der Waals surface area contributed by atoms with E-state index in [1.54, 1.807) is 6.34 Å². The molecule has 1 aromatic heterocycles. The Labute approximate surface area is 320 Å². The van der Waals surface area contributed by atoms with Crippen molar-refractivity contribution < 1.29 is 0 Å². The van der Waals surface area contributed by atoms with Crippen LogP contribution in [0.4, 0.5) is 5.69 Å². The molecule has 4 nitrogen and oxygen atoms in total. The Bertz CT molecular complexity index is 2890. The lowest BCUT2D eigenvalue weighted by atomic mass is 9.71. The number of hydrogen-bond donors (Lipinski definition) is 2. The lowest BCUT2D eigenvalue weighted by Gasteiger charge is -2.29. The number of H-pyrrole nitrogens is 1.